The number of hydrogen-bond donors (Lipinski definition) is 23. The number of amides is 1. The number of nitrogens with one attached hydrogen (secondary N) is 1. The van der Waals surface area contributed by atoms with Crippen molar-refractivity contribution < 1.29 is 191 Å². The van der Waals surface area contributed by atoms with Gasteiger partial charge < -0.3 is 174 Å². The molecule has 0 aromatic rings. The zero-order chi connectivity index (χ0) is 62.8. The van der Waals surface area contributed by atoms with Gasteiger partial charge in [-0.3, -0.25) is 9.35 Å². The normalized spacial score (nSPS) is 50.2. The minimum Gasteiger partial charge on any atom is -0.394 e. The van der Waals surface area contributed by atoms with E-state index >= 15 is 0 Å². The van der Waals surface area contributed by atoms with E-state index in [1.165, 1.54) is 0 Å². The summed E-state index contributed by atoms with van der Waals surface area (Å²) in [6.45, 7) is -6.36. The van der Waals surface area contributed by atoms with Crippen molar-refractivity contribution in [2.75, 3.05) is 46.2 Å². The lowest BCUT2D eigenvalue weighted by molar-refractivity contribution is -0.396. The molecule has 7 fully saturated rings. The predicted molar refractivity (Wildman–Crippen MR) is 254 cm³/mol. The molecule has 1 unspecified atom stereocenters. The van der Waals surface area contributed by atoms with E-state index in [1.807, 2.05) is 0 Å². The molecule has 85 heavy (non-hydrogen) atoms. The van der Waals surface area contributed by atoms with Crippen LogP contribution >= 0.6 is 0 Å². The van der Waals surface area contributed by atoms with Gasteiger partial charge in [0.25, 0.3) is 0 Å². The summed E-state index contributed by atoms with van der Waals surface area (Å²) < 4.78 is 110. The monoisotopic (exact) mass is 1270 g/mol. The van der Waals surface area contributed by atoms with Crippen LogP contribution in [0.5, 0.6) is 0 Å². The van der Waals surface area contributed by atoms with Crippen LogP contribution in [-0.4, -0.2) is 387 Å². The highest BCUT2D eigenvalue weighted by Crippen LogP contribution is 2.38. The number of carbonyl (C=O) groups excluding carboxylic acids is 1. The van der Waals surface area contributed by atoms with Gasteiger partial charge in [-0.05, 0) is 0 Å². The summed E-state index contributed by atoms with van der Waals surface area (Å²) in [5.41, 5.74) is 0. The Morgan fingerprint density at radius 1 is 0.365 bits per heavy atom. The van der Waals surface area contributed by atoms with E-state index in [4.69, 9.17) is 61.6 Å². The fourth-order valence-electron chi connectivity index (χ4n) is 10.5. The highest BCUT2D eigenvalue weighted by molar-refractivity contribution is 7.80. The Morgan fingerprint density at radius 2 is 0.694 bits per heavy atom. The van der Waals surface area contributed by atoms with Gasteiger partial charge in [-0.25, -0.2) is 4.18 Å². The Hall–Kier alpha value is -2.02. The maximum absolute atomic E-state index is 12.5. The molecule has 0 saturated carbocycles. The van der Waals surface area contributed by atoms with E-state index in [1.54, 1.807) is 0 Å². The minimum absolute atomic E-state index is 0.853. The zero-order valence-electron chi connectivity index (χ0n) is 44.3. The van der Waals surface area contributed by atoms with Gasteiger partial charge in [0.1, 0.15) is 171 Å². The van der Waals surface area contributed by atoms with Crippen LogP contribution in [-0.2, 0) is 81.0 Å². The first-order valence-electron chi connectivity index (χ1n) is 26.3. The van der Waals surface area contributed by atoms with Crippen LogP contribution in [0.1, 0.15) is 6.92 Å². The van der Waals surface area contributed by atoms with Crippen LogP contribution in [0.3, 0.4) is 0 Å². The predicted octanol–water partition coefficient (Wildman–Crippen LogP) is -16.3. The summed E-state index contributed by atoms with van der Waals surface area (Å²) >= 11 is 0. The second kappa shape index (κ2) is 29.9. The summed E-state index contributed by atoms with van der Waals surface area (Å²) in [7, 11) is -5.43. The quantitative estimate of drug-likeness (QED) is 0.0448. The van der Waals surface area contributed by atoms with Crippen LogP contribution < -0.4 is 5.32 Å². The summed E-state index contributed by atoms with van der Waals surface area (Å²) in [5.74, 6) is -0.853. The van der Waals surface area contributed by atoms with Gasteiger partial charge in [0.2, 0.25) is 5.91 Å². The number of carbonyl (C=O) groups is 1. The molecule has 40 nitrogen and oxygen atoms in total. The first-order valence-corrected chi connectivity index (χ1v) is 27.7. The topological polar surface area (TPSA) is 638 Å². The van der Waals surface area contributed by atoms with Gasteiger partial charge in [0, 0.05) is 6.92 Å². The molecule has 41 heteroatoms. The third kappa shape index (κ3) is 15.5. The Bertz CT molecular complexity index is 2200. The molecule has 0 spiro atoms. The van der Waals surface area contributed by atoms with E-state index in [0.717, 1.165) is 6.92 Å². The average molecular weight is 1270 g/mol. The highest BCUT2D eigenvalue weighted by atomic mass is 32.3. The van der Waals surface area contributed by atoms with Crippen molar-refractivity contribution in [1.82, 2.24) is 5.32 Å². The van der Waals surface area contributed by atoms with Gasteiger partial charge in [0.05, 0.1) is 46.2 Å². The highest BCUT2D eigenvalue weighted by Gasteiger charge is 2.59. The number of aliphatic hydroxyl groups is 21. The van der Waals surface area contributed by atoms with Crippen molar-refractivity contribution in [2.45, 2.75) is 222 Å². The first kappa shape index (κ1) is 70.4. The molecule has 23 N–H and O–H groups in total. The van der Waals surface area contributed by atoms with Crippen molar-refractivity contribution in [3.63, 3.8) is 0 Å². The largest absolute Gasteiger partial charge is 0.397 e. The van der Waals surface area contributed by atoms with E-state index in [0.29, 0.717) is 0 Å². The maximum atomic E-state index is 12.5. The number of aliphatic hydroxyl groups excluding tert-OH is 21. The Balaban J connectivity index is 1.13. The Kier molecular flexibility index (Phi) is 24.8. The maximum Gasteiger partial charge on any atom is 0.397 e. The van der Waals surface area contributed by atoms with Crippen LogP contribution in [0, 0.1) is 0 Å². The van der Waals surface area contributed by atoms with E-state index in [2.05, 4.69) is 9.50 Å². The molecular weight excluding hydrogens is 1200 g/mol. The summed E-state index contributed by atoms with van der Waals surface area (Å²) in [6, 6.07) is -1.73. The second-order valence-corrected chi connectivity index (χ2v) is 21.9. The number of ether oxygens (including phenoxy) is 13. The molecule has 0 aromatic carbocycles. The molecule has 7 saturated heterocycles. The molecule has 7 heterocycles. The SMILES string of the molecule is CC(=O)N[C@H]1[C@H](OC[C@H]2O[C@@H](O[C@H]3[C@H](O)[C@@H](O)C(O)O[C@@H]3CO)[C@H](O)[C@@H](O[C@@H]3O[C@H](CO)[C@H](O)[C@H](O[C@@H]4O[C@H](CO)[C@H](O)[C@H](O[C@@H]5O[C@H](CO)[C@H](O)[C@H](OS(=O)(=O)O)[C@H]5O)[C@H]4O)[C@H]3O)[C@H]2O)O[C@H](CO)[C@@H](O[C@@H]2O[C@H](CO)[C@H](O)[C@H](O)[C@H]2O)[C@@H]1O. The molecule has 7 aliphatic rings. The Labute approximate surface area is 479 Å². The van der Waals surface area contributed by atoms with Crippen LogP contribution in [0.25, 0.3) is 0 Å². The standard InChI is InChI=1S/C44H75NO39S/c1-9(52)45-17-23(58)32(79-40-27(62)24(59)18(53)10(2-46)73-40)15(7-51)77-39(17)71-8-16-22(57)36(30(65)43(78-16)80-33-14(6-50)72-38(67)26(61)25(33)60)83-42-28(63)34(19(54)11(3-47)75-42)81-41-29(64)35(20(55)12(4-48)74-41)82-44-31(66)37(84-85(68,69)70)21(56)13(5-49)76-44/h10-44,46-51,53-67H,2-8H2,1H3,(H,45,52)(H,68,69,70)/t10-,11-,12-,13-,14-,15-,16-,17-,18+,19+,20+,21+,22+,23-,24+,25-,26-,27-,28-,29-,30-,31-,32-,33-,34+,35+,36+,37+,38?,39-,40+,41+,42+,43+,44+/m1/s1. The summed E-state index contributed by atoms with van der Waals surface area (Å²) in [5, 5.41) is 229. The van der Waals surface area contributed by atoms with Crippen molar-refractivity contribution in [3.05, 3.63) is 0 Å². The van der Waals surface area contributed by atoms with Crippen molar-refractivity contribution in [2.24, 2.45) is 0 Å². The fourth-order valence-corrected chi connectivity index (χ4v) is 11.0. The molecule has 35 atom stereocenters. The van der Waals surface area contributed by atoms with Crippen molar-refractivity contribution in [3.8, 4) is 0 Å². The number of hydrogen-bond acceptors (Lipinski definition) is 38. The molecule has 0 aliphatic carbocycles. The van der Waals surface area contributed by atoms with Crippen molar-refractivity contribution in [1.29, 1.82) is 0 Å². The van der Waals surface area contributed by atoms with Crippen LogP contribution in [0.4, 0.5) is 0 Å². The minimum atomic E-state index is -5.43. The zero-order valence-corrected chi connectivity index (χ0v) is 45.2. The molecule has 7 rings (SSSR count). The second-order valence-electron chi connectivity index (χ2n) is 20.8. The number of rotatable bonds is 22. The average Bonchev–Trinajstić information content (AvgIpc) is 3.58. The van der Waals surface area contributed by atoms with Crippen LogP contribution in [0.15, 0.2) is 0 Å². The van der Waals surface area contributed by atoms with Crippen LogP contribution in [0.2, 0.25) is 0 Å². The van der Waals surface area contributed by atoms with Gasteiger partial charge in [-0.15, -0.1) is 0 Å². The Morgan fingerprint density at radius 3 is 1.11 bits per heavy atom. The van der Waals surface area contributed by atoms with Gasteiger partial charge >= 0.3 is 10.4 Å². The molecule has 496 valence electrons. The van der Waals surface area contributed by atoms with E-state index in [9.17, 15) is 125 Å². The molecule has 0 bridgehead atoms. The summed E-state index contributed by atoms with van der Waals surface area (Å²) in [6.07, 6.45) is -70.5. The third-order valence-corrected chi connectivity index (χ3v) is 15.6. The van der Waals surface area contributed by atoms with Crippen molar-refractivity contribution >= 4 is 16.3 Å². The fraction of sp³-hybridized carbons (Fsp3) is 0.977. The first-order chi connectivity index (χ1) is 40.0. The van der Waals surface area contributed by atoms with E-state index < -0.39 is 277 Å². The lowest BCUT2D eigenvalue weighted by atomic mass is 9.95. The van der Waals surface area contributed by atoms with Gasteiger partial charge in [0.15, 0.2) is 44.0 Å². The van der Waals surface area contributed by atoms with Gasteiger partial charge in [-0.1, -0.05) is 0 Å². The summed E-state index contributed by atoms with van der Waals surface area (Å²) in [4.78, 5) is 12.5. The smallest absolute Gasteiger partial charge is 0.394 e. The molecule has 1 amide bonds. The third-order valence-electron chi connectivity index (χ3n) is 15.1. The molecular formula is C44H75NO39S. The lowest BCUT2D eigenvalue weighted by Gasteiger charge is -2.50. The molecule has 0 radical (unpaired) electrons. The van der Waals surface area contributed by atoms with Gasteiger partial charge in [-0.2, -0.15) is 8.42 Å². The molecule has 7 aliphatic heterocycles. The lowest BCUT2D eigenvalue weighted by Crippen LogP contribution is -2.69. The van der Waals surface area contributed by atoms with E-state index in [-0.39, 0.29) is 0 Å². The molecule has 0 aromatic heterocycles.